The first-order chi connectivity index (χ1) is 14.0. The molecule has 4 N–H and O–H groups in total. The van der Waals surface area contributed by atoms with E-state index in [2.05, 4.69) is 25.6 Å². The minimum absolute atomic E-state index is 0.109. The average molecular weight is 405 g/mol. The number of benzene rings is 2. The van der Waals surface area contributed by atoms with E-state index in [9.17, 15) is 4.79 Å². The van der Waals surface area contributed by atoms with Crippen LogP contribution < -0.4 is 16.4 Å². The average Bonchev–Trinajstić information content (AvgIpc) is 2.70. The number of anilines is 4. The van der Waals surface area contributed by atoms with E-state index in [-0.39, 0.29) is 17.6 Å². The van der Waals surface area contributed by atoms with E-state index in [0.717, 1.165) is 11.3 Å². The minimum atomic E-state index is -0.210. The molecular formula is C20H19N7OS. The number of nitrogens with zero attached hydrogens (tertiary/aromatic N) is 4. The number of nitrogens with two attached hydrogens (primary N) is 1. The van der Waals surface area contributed by atoms with Gasteiger partial charge in [-0.1, -0.05) is 29.8 Å². The molecule has 0 aliphatic rings. The molecule has 0 bridgehead atoms. The summed E-state index contributed by atoms with van der Waals surface area (Å²) in [5, 5.41) is 14.9. The number of carbonyl (C=O) groups excluding carboxylic acids is 1. The second-order valence-corrected chi connectivity index (χ2v) is 7.11. The van der Waals surface area contributed by atoms with E-state index < -0.39 is 0 Å². The van der Waals surface area contributed by atoms with Crippen LogP contribution in [0.1, 0.15) is 17.0 Å². The Hall–Kier alpha value is -3.64. The summed E-state index contributed by atoms with van der Waals surface area (Å²) in [6.07, 6.45) is 0. The molecule has 0 fully saturated rings. The molecule has 9 heteroatoms. The van der Waals surface area contributed by atoms with Gasteiger partial charge in [0.15, 0.2) is 0 Å². The van der Waals surface area contributed by atoms with E-state index in [0.29, 0.717) is 28.8 Å². The van der Waals surface area contributed by atoms with Crippen molar-refractivity contribution in [1.29, 1.82) is 5.26 Å². The molecule has 146 valence electrons. The molecule has 0 saturated carbocycles. The van der Waals surface area contributed by atoms with Crippen LogP contribution >= 0.6 is 11.8 Å². The Balaban J connectivity index is 1.56. The van der Waals surface area contributed by atoms with Crippen molar-refractivity contribution in [3.05, 3.63) is 65.5 Å². The van der Waals surface area contributed by atoms with Gasteiger partial charge in [-0.2, -0.15) is 20.2 Å². The highest BCUT2D eigenvalue weighted by Gasteiger charge is 2.09. The van der Waals surface area contributed by atoms with Gasteiger partial charge in [0.2, 0.25) is 17.8 Å². The molecule has 0 radical (unpaired) electrons. The van der Waals surface area contributed by atoms with Crippen molar-refractivity contribution in [1.82, 2.24) is 15.0 Å². The second-order valence-electron chi connectivity index (χ2n) is 6.12. The second kappa shape index (κ2) is 9.52. The molecule has 1 amide bonds. The summed E-state index contributed by atoms with van der Waals surface area (Å²) in [6, 6.07) is 16.7. The van der Waals surface area contributed by atoms with Gasteiger partial charge >= 0.3 is 0 Å². The smallest absolute Gasteiger partial charge is 0.234 e. The van der Waals surface area contributed by atoms with Gasteiger partial charge in [-0.25, -0.2) is 0 Å². The van der Waals surface area contributed by atoms with Gasteiger partial charge in [-0.15, -0.1) is 11.8 Å². The first-order valence-corrected chi connectivity index (χ1v) is 9.90. The van der Waals surface area contributed by atoms with Gasteiger partial charge in [0.25, 0.3) is 0 Å². The lowest BCUT2D eigenvalue weighted by Gasteiger charge is -2.08. The molecule has 0 spiro atoms. The highest BCUT2D eigenvalue weighted by atomic mass is 32.2. The van der Waals surface area contributed by atoms with Crippen molar-refractivity contribution >= 4 is 40.9 Å². The Morgan fingerprint density at radius 3 is 2.66 bits per heavy atom. The molecule has 0 aliphatic carbocycles. The van der Waals surface area contributed by atoms with E-state index in [1.165, 1.54) is 11.8 Å². The maximum atomic E-state index is 12.1. The highest BCUT2D eigenvalue weighted by Crippen LogP contribution is 2.17. The zero-order chi connectivity index (χ0) is 20.6. The fourth-order valence-corrected chi connectivity index (χ4v) is 3.11. The lowest BCUT2D eigenvalue weighted by Crippen LogP contribution is -2.15. The zero-order valence-corrected chi connectivity index (χ0v) is 16.5. The number of nitrogen functional groups attached to an aromatic ring is 1. The van der Waals surface area contributed by atoms with Gasteiger partial charge in [0, 0.05) is 5.69 Å². The largest absolute Gasteiger partial charge is 0.368 e. The van der Waals surface area contributed by atoms with Crippen molar-refractivity contribution in [2.75, 3.05) is 22.1 Å². The summed E-state index contributed by atoms with van der Waals surface area (Å²) in [5.41, 5.74) is 8.69. The summed E-state index contributed by atoms with van der Waals surface area (Å²) in [4.78, 5) is 24.7. The number of hydrogen-bond donors (Lipinski definition) is 3. The fraction of sp³-hybridized carbons (Fsp3) is 0.150. The summed E-state index contributed by atoms with van der Waals surface area (Å²) in [5.74, 6) is 1.30. The van der Waals surface area contributed by atoms with Crippen molar-refractivity contribution < 1.29 is 4.79 Å². The number of hydrogen-bond acceptors (Lipinski definition) is 8. The first kappa shape index (κ1) is 20.1. The predicted octanol–water partition coefficient (Wildman–Crippen LogP) is 3.25. The number of nitriles is 1. The lowest BCUT2D eigenvalue weighted by molar-refractivity contribution is -0.113. The molecule has 3 rings (SSSR count). The van der Waals surface area contributed by atoms with Crippen LogP contribution in [0.2, 0.25) is 0 Å². The lowest BCUT2D eigenvalue weighted by atomic mass is 10.2. The molecule has 1 aromatic heterocycles. The third-order valence-corrected chi connectivity index (χ3v) is 4.72. The molecular weight excluding hydrogens is 386 g/mol. The van der Waals surface area contributed by atoms with Crippen LogP contribution in [0.4, 0.5) is 23.3 Å². The summed E-state index contributed by atoms with van der Waals surface area (Å²) >= 11 is 1.34. The van der Waals surface area contributed by atoms with Crippen LogP contribution in [0.5, 0.6) is 0 Å². The van der Waals surface area contributed by atoms with Crippen LogP contribution in [0.25, 0.3) is 0 Å². The van der Waals surface area contributed by atoms with E-state index in [1.54, 1.807) is 24.3 Å². The van der Waals surface area contributed by atoms with Crippen LogP contribution in [-0.4, -0.2) is 26.6 Å². The van der Waals surface area contributed by atoms with Crippen LogP contribution in [0, 0.1) is 18.3 Å². The number of nitrogens with one attached hydrogen (secondary N) is 2. The molecule has 0 atom stereocenters. The van der Waals surface area contributed by atoms with Gasteiger partial charge in [-0.05, 0) is 31.2 Å². The Morgan fingerprint density at radius 2 is 1.90 bits per heavy atom. The molecule has 2 aromatic carbocycles. The van der Waals surface area contributed by atoms with Crippen molar-refractivity contribution in [2.45, 2.75) is 12.7 Å². The Labute approximate surface area is 172 Å². The molecule has 0 unspecified atom stereocenters. The minimum Gasteiger partial charge on any atom is -0.368 e. The van der Waals surface area contributed by atoms with Crippen molar-refractivity contribution in [3.63, 3.8) is 0 Å². The van der Waals surface area contributed by atoms with Crippen LogP contribution in [-0.2, 0) is 10.5 Å². The summed E-state index contributed by atoms with van der Waals surface area (Å²) in [7, 11) is 0. The molecule has 3 aromatic rings. The number of para-hydroxylation sites is 1. The van der Waals surface area contributed by atoms with E-state index in [1.807, 2.05) is 37.3 Å². The monoisotopic (exact) mass is 405 g/mol. The molecule has 8 nitrogen and oxygen atoms in total. The van der Waals surface area contributed by atoms with Gasteiger partial charge in [-0.3, -0.25) is 4.79 Å². The summed E-state index contributed by atoms with van der Waals surface area (Å²) < 4.78 is 0. The zero-order valence-electron chi connectivity index (χ0n) is 15.7. The SMILES string of the molecule is Cc1ccc(Nc2nc(N)nc(CSCC(=O)Nc3ccccc3C#N)n2)cc1. The third kappa shape index (κ3) is 5.92. The molecule has 1 heterocycles. The van der Waals surface area contributed by atoms with Gasteiger partial charge < -0.3 is 16.4 Å². The normalized spacial score (nSPS) is 10.2. The standard InChI is InChI=1S/C20H19N7OS/c1-13-6-8-15(9-7-13)23-20-26-17(25-19(22)27-20)11-29-12-18(28)24-16-5-3-2-4-14(16)10-21/h2-9H,11-12H2,1H3,(H,24,28)(H3,22,23,25,26,27). The molecule has 0 aliphatic heterocycles. The number of thioether (sulfide) groups is 1. The number of carbonyl (C=O) groups is 1. The Bertz CT molecular complexity index is 1050. The van der Waals surface area contributed by atoms with Gasteiger partial charge in [0.1, 0.15) is 11.9 Å². The topological polar surface area (TPSA) is 130 Å². The first-order valence-electron chi connectivity index (χ1n) is 8.74. The number of amides is 1. The Kier molecular flexibility index (Phi) is 6.60. The van der Waals surface area contributed by atoms with Gasteiger partial charge in [0.05, 0.1) is 22.8 Å². The molecule has 0 saturated heterocycles. The van der Waals surface area contributed by atoms with E-state index in [4.69, 9.17) is 11.0 Å². The number of rotatable bonds is 7. The highest BCUT2D eigenvalue weighted by molar-refractivity contribution is 7.99. The van der Waals surface area contributed by atoms with Crippen molar-refractivity contribution in [2.24, 2.45) is 0 Å². The maximum Gasteiger partial charge on any atom is 0.234 e. The third-order valence-electron chi connectivity index (χ3n) is 3.79. The molecule has 29 heavy (non-hydrogen) atoms. The predicted molar refractivity (Wildman–Crippen MR) is 115 cm³/mol. The van der Waals surface area contributed by atoms with Crippen LogP contribution in [0.15, 0.2) is 48.5 Å². The summed E-state index contributed by atoms with van der Waals surface area (Å²) in [6.45, 7) is 2.01. The Morgan fingerprint density at radius 1 is 1.14 bits per heavy atom. The maximum absolute atomic E-state index is 12.1. The fourth-order valence-electron chi connectivity index (χ4n) is 2.44. The number of aryl methyl sites for hydroxylation is 1. The van der Waals surface area contributed by atoms with Crippen molar-refractivity contribution in [3.8, 4) is 6.07 Å². The quantitative estimate of drug-likeness (QED) is 0.546. The van der Waals surface area contributed by atoms with Crippen LogP contribution in [0.3, 0.4) is 0 Å². The number of aromatic nitrogens is 3. The van der Waals surface area contributed by atoms with E-state index >= 15 is 0 Å².